The number of carboxylic acids is 2. The van der Waals surface area contributed by atoms with Gasteiger partial charge in [-0.05, 0) is 55.7 Å². The summed E-state index contributed by atoms with van der Waals surface area (Å²) >= 11 is 3.75. The van der Waals surface area contributed by atoms with E-state index in [9.17, 15) is 9.59 Å². The highest BCUT2D eigenvalue weighted by atomic mass is 79.9. The molecular formula is C26H41BrO4. The molecule has 176 valence electrons. The lowest BCUT2D eigenvalue weighted by Crippen LogP contribution is -1.97. The number of unbranched alkanes of at least 4 members (excludes halogenated alkanes) is 12. The zero-order chi connectivity index (χ0) is 22.7. The standard InChI is InChI=1S/C26H41BrO4/c27-24-19-15-17-22(16-11-7-3-1-5-9-13-20-25(28)29)23(24)18-12-8-4-2-6-10-14-21-26(30)31/h15,17,19H,1-14,16,18,20-21H2,(H,28,29)(H,30,31). The van der Waals surface area contributed by atoms with E-state index in [4.69, 9.17) is 10.2 Å². The average Bonchev–Trinajstić information content (AvgIpc) is 2.72. The van der Waals surface area contributed by atoms with Crippen LogP contribution in [0.25, 0.3) is 0 Å². The summed E-state index contributed by atoms with van der Waals surface area (Å²) in [5.41, 5.74) is 2.95. The van der Waals surface area contributed by atoms with Crippen LogP contribution in [0.5, 0.6) is 0 Å². The number of carbonyl (C=O) groups is 2. The van der Waals surface area contributed by atoms with E-state index in [2.05, 4.69) is 34.1 Å². The Kier molecular flexibility index (Phi) is 16.3. The highest BCUT2D eigenvalue weighted by Crippen LogP contribution is 2.25. The zero-order valence-corrected chi connectivity index (χ0v) is 20.6. The van der Waals surface area contributed by atoms with Gasteiger partial charge in [-0.1, -0.05) is 92.3 Å². The Morgan fingerprint density at radius 1 is 0.613 bits per heavy atom. The lowest BCUT2D eigenvalue weighted by molar-refractivity contribution is -0.138. The molecule has 0 radical (unpaired) electrons. The second-order valence-corrected chi connectivity index (χ2v) is 9.47. The highest BCUT2D eigenvalue weighted by molar-refractivity contribution is 9.10. The van der Waals surface area contributed by atoms with Gasteiger partial charge in [-0.15, -0.1) is 0 Å². The Morgan fingerprint density at radius 2 is 1.03 bits per heavy atom. The van der Waals surface area contributed by atoms with E-state index in [-0.39, 0.29) is 0 Å². The summed E-state index contributed by atoms with van der Waals surface area (Å²) in [6.45, 7) is 0. The van der Waals surface area contributed by atoms with Gasteiger partial charge in [0.1, 0.15) is 0 Å². The molecular weight excluding hydrogens is 456 g/mol. The number of hydrogen-bond acceptors (Lipinski definition) is 2. The number of hydrogen-bond donors (Lipinski definition) is 2. The van der Waals surface area contributed by atoms with Crippen LogP contribution < -0.4 is 0 Å². The maximum atomic E-state index is 10.5. The molecule has 0 bridgehead atoms. The minimum Gasteiger partial charge on any atom is -0.481 e. The Bertz CT molecular complexity index is 630. The van der Waals surface area contributed by atoms with E-state index < -0.39 is 11.9 Å². The van der Waals surface area contributed by atoms with Gasteiger partial charge in [0.05, 0.1) is 0 Å². The van der Waals surface area contributed by atoms with Crippen LogP contribution in [0.1, 0.15) is 114 Å². The van der Waals surface area contributed by atoms with E-state index in [0.717, 1.165) is 51.4 Å². The van der Waals surface area contributed by atoms with Crippen LogP contribution in [0.4, 0.5) is 0 Å². The number of aliphatic carboxylic acids is 2. The first-order chi connectivity index (χ1) is 15.0. The summed E-state index contributed by atoms with van der Waals surface area (Å²) in [5, 5.41) is 17.3. The number of halogens is 1. The van der Waals surface area contributed by atoms with Crippen LogP contribution in [-0.4, -0.2) is 22.2 Å². The summed E-state index contributed by atoms with van der Waals surface area (Å²) in [6.07, 6.45) is 18.6. The minimum absolute atomic E-state index is 0.303. The van der Waals surface area contributed by atoms with Gasteiger partial charge in [-0.3, -0.25) is 9.59 Å². The molecule has 0 amide bonds. The first kappa shape index (κ1) is 27.7. The lowest BCUT2D eigenvalue weighted by Gasteiger charge is -2.12. The van der Waals surface area contributed by atoms with Crippen LogP contribution in [0, 0.1) is 0 Å². The number of aryl methyl sites for hydroxylation is 1. The summed E-state index contributed by atoms with van der Waals surface area (Å²) in [7, 11) is 0. The molecule has 1 rings (SSSR count). The lowest BCUT2D eigenvalue weighted by atomic mass is 9.96. The van der Waals surface area contributed by atoms with Crippen molar-refractivity contribution in [1.29, 1.82) is 0 Å². The largest absolute Gasteiger partial charge is 0.481 e. The van der Waals surface area contributed by atoms with Gasteiger partial charge in [-0.2, -0.15) is 0 Å². The molecule has 0 aliphatic rings. The fourth-order valence-corrected chi connectivity index (χ4v) is 4.66. The van der Waals surface area contributed by atoms with E-state index in [1.54, 1.807) is 0 Å². The molecule has 4 nitrogen and oxygen atoms in total. The highest BCUT2D eigenvalue weighted by Gasteiger charge is 2.07. The maximum absolute atomic E-state index is 10.5. The zero-order valence-electron chi connectivity index (χ0n) is 19.0. The number of benzene rings is 1. The van der Waals surface area contributed by atoms with Gasteiger partial charge < -0.3 is 10.2 Å². The van der Waals surface area contributed by atoms with Crippen molar-refractivity contribution in [3.8, 4) is 0 Å². The van der Waals surface area contributed by atoms with Crippen molar-refractivity contribution >= 4 is 27.9 Å². The number of carboxylic acid groups (broad SMARTS) is 2. The van der Waals surface area contributed by atoms with Crippen molar-refractivity contribution in [2.24, 2.45) is 0 Å². The van der Waals surface area contributed by atoms with Crippen molar-refractivity contribution in [3.63, 3.8) is 0 Å². The minimum atomic E-state index is -0.683. The SMILES string of the molecule is O=C(O)CCCCCCCCCc1cccc(Br)c1CCCCCCCCCC(=O)O. The van der Waals surface area contributed by atoms with E-state index >= 15 is 0 Å². The molecule has 31 heavy (non-hydrogen) atoms. The van der Waals surface area contributed by atoms with Gasteiger partial charge in [-0.25, -0.2) is 0 Å². The summed E-state index contributed by atoms with van der Waals surface area (Å²) < 4.78 is 1.23. The van der Waals surface area contributed by atoms with Crippen LogP contribution in [0.3, 0.4) is 0 Å². The third-order valence-electron chi connectivity index (χ3n) is 5.87. The molecule has 0 unspecified atom stereocenters. The molecule has 1 aromatic rings. The predicted octanol–water partition coefficient (Wildman–Crippen LogP) is 7.94. The van der Waals surface area contributed by atoms with E-state index in [0.29, 0.717) is 12.8 Å². The van der Waals surface area contributed by atoms with Crippen LogP contribution >= 0.6 is 15.9 Å². The van der Waals surface area contributed by atoms with Gasteiger partial charge in [0.25, 0.3) is 0 Å². The van der Waals surface area contributed by atoms with Crippen molar-refractivity contribution < 1.29 is 19.8 Å². The van der Waals surface area contributed by atoms with Crippen LogP contribution in [-0.2, 0) is 22.4 Å². The maximum Gasteiger partial charge on any atom is 0.303 e. The summed E-state index contributed by atoms with van der Waals surface area (Å²) in [5.74, 6) is -1.37. The predicted molar refractivity (Wildman–Crippen MR) is 131 cm³/mol. The van der Waals surface area contributed by atoms with E-state index in [1.165, 1.54) is 67.0 Å². The quantitative estimate of drug-likeness (QED) is 0.179. The molecule has 0 saturated heterocycles. The second kappa shape index (κ2) is 18.2. The Labute approximate surface area is 197 Å². The fourth-order valence-electron chi connectivity index (χ4n) is 4.05. The number of rotatable bonds is 20. The third kappa shape index (κ3) is 15.1. The second-order valence-electron chi connectivity index (χ2n) is 8.61. The normalized spacial score (nSPS) is 11.0. The molecule has 0 aliphatic carbocycles. The molecule has 0 fully saturated rings. The Balaban J connectivity index is 2.15. The summed E-state index contributed by atoms with van der Waals surface area (Å²) in [6, 6.07) is 6.56. The first-order valence-electron chi connectivity index (χ1n) is 12.2. The van der Waals surface area contributed by atoms with Gasteiger partial charge in [0.2, 0.25) is 0 Å². The third-order valence-corrected chi connectivity index (χ3v) is 6.61. The van der Waals surface area contributed by atoms with Crippen molar-refractivity contribution in [2.45, 2.75) is 116 Å². The fraction of sp³-hybridized carbons (Fsp3) is 0.692. The average molecular weight is 498 g/mol. The molecule has 0 atom stereocenters. The van der Waals surface area contributed by atoms with Gasteiger partial charge in [0, 0.05) is 17.3 Å². The van der Waals surface area contributed by atoms with Crippen molar-refractivity contribution in [1.82, 2.24) is 0 Å². The summed E-state index contributed by atoms with van der Waals surface area (Å²) in [4.78, 5) is 21.0. The van der Waals surface area contributed by atoms with Crippen molar-refractivity contribution in [2.75, 3.05) is 0 Å². The molecule has 5 heteroatoms. The van der Waals surface area contributed by atoms with Crippen LogP contribution in [0.15, 0.2) is 22.7 Å². The van der Waals surface area contributed by atoms with Crippen molar-refractivity contribution in [3.05, 3.63) is 33.8 Å². The Morgan fingerprint density at radius 3 is 1.52 bits per heavy atom. The smallest absolute Gasteiger partial charge is 0.303 e. The molecule has 0 aliphatic heterocycles. The molecule has 0 heterocycles. The van der Waals surface area contributed by atoms with E-state index in [1.807, 2.05) is 0 Å². The molecule has 0 spiro atoms. The first-order valence-corrected chi connectivity index (χ1v) is 13.0. The van der Waals surface area contributed by atoms with Gasteiger partial charge in [0.15, 0.2) is 0 Å². The monoisotopic (exact) mass is 496 g/mol. The van der Waals surface area contributed by atoms with Crippen LogP contribution in [0.2, 0.25) is 0 Å². The topological polar surface area (TPSA) is 74.6 Å². The molecule has 0 saturated carbocycles. The van der Waals surface area contributed by atoms with Gasteiger partial charge >= 0.3 is 11.9 Å². The molecule has 0 aromatic heterocycles. The molecule has 1 aromatic carbocycles. The molecule has 2 N–H and O–H groups in total. The Hall–Kier alpha value is -1.36.